The van der Waals surface area contributed by atoms with Gasteiger partial charge in [0.15, 0.2) is 0 Å². The Bertz CT molecular complexity index is 254. The van der Waals surface area contributed by atoms with Gasteiger partial charge in [0.2, 0.25) is 0 Å². The van der Waals surface area contributed by atoms with Gasteiger partial charge in [-0.1, -0.05) is 27.7 Å². The minimum atomic E-state index is 0.885. The summed E-state index contributed by atoms with van der Waals surface area (Å²) in [7, 11) is 0. The SMILES string of the molecule is CC(C)C1CCN(CCCCN2CCC(C(C)C)CC2)CC1. The zero-order chi connectivity index (χ0) is 15.9. The summed E-state index contributed by atoms with van der Waals surface area (Å²) < 4.78 is 0. The van der Waals surface area contributed by atoms with E-state index in [0.29, 0.717) is 0 Å². The van der Waals surface area contributed by atoms with Gasteiger partial charge in [0.25, 0.3) is 0 Å². The smallest absolute Gasteiger partial charge is 0.00160 e. The predicted octanol–water partition coefficient (Wildman–Crippen LogP) is 4.50. The van der Waals surface area contributed by atoms with E-state index >= 15 is 0 Å². The largest absolute Gasteiger partial charge is 0.303 e. The third-order valence-electron chi connectivity index (χ3n) is 6.35. The molecule has 0 aromatic carbocycles. The highest BCUT2D eigenvalue weighted by Gasteiger charge is 2.22. The van der Waals surface area contributed by atoms with Crippen molar-refractivity contribution >= 4 is 0 Å². The molecule has 0 amide bonds. The van der Waals surface area contributed by atoms with Gasteiger partial charge in [0.05, 0.1) is 0 Å². The third-order valence-corrected chi connectivity index (χ3v) is 6.35. The first-order chi connectivity index (χ1) is 10.6. The number of likely N-dealkylation sites (tertiary alicyclic amines) is 2. The molecule has 0 atom stereocenters. The van der Waals surface area contributed by atoms with E-state index in [0.717, 1.165) is 23.7 Å². The number of hydrogen-bond donors (Lipinski definition) is 0. The molecule has 2 heterocycles. The first-order valence-corrected chi connectivity index (χ1v) is 10.0. The summed E-state index contributed by atoms with van der Waals surface area (Å²) in [6.07, 6.45) is 8.52. The topological polar surface area (TPSA) is 6.48 Å². The van der Waals surface area contributed by atoms with E-state index in [1.54, 1.807) is 0 Å². The Labute approximate surface area is 139 Å². The van der Waals surface area contributed by atoms with Crippen molar-refractivity contribution in [3.63, 3.8) is 0 Å². The van der Waals surface area contributed by atoms with Gasteiger partial charge < -0.3 is 9.80 Å². The van der Waals surface area contributed by atoms with E-state index in [9.17, 15) is 0 Å². The van der Waals surface area contributed by atoms with Crippen LogP contribution in [0.15, 0.2) is 0 Å². The lowest BCUT2D eigenvalue weighted by atomic mass is 9.86. The molecule has 130 valence electrons. The van der Waals surface area contributed by atoms with E-state index in [1.807, 2.05) is 0 Å². The molecule has 2 heteroatoms. The molecule has 22 heavy (non-hydrogen) atoms. The Morgan fingerprint density at radius 3 is 1.23 bits per heavy atom. The van der Waals surface area contributed by atoms with Crippen LogP contribution in [0.3, 0.4) is 0 Å². The summed E-state index contributed by atoms with van der Waals surface area (Å²) in [4.78, 5) is 5.42. The molecule has 2 aliphatic rings. The molecule has 2 rings (SSSR count). The van der Waals surface area contributed by atoms with Crippen molar-refractivity contribution in [3.05, 3.63) is 0 Å². The highest BCUT2D eigenvalue weighted by Crippen LogP contribution is 2.25. The van der Waals surface area contributed by atoms with E-state index in [2.05, 4.69) is 37.5 Å². The van der Waals surface area contributed by atoms with Gasteiger partial charge in [-0.15, -0.1) is 0 Å². The molecule has 0 aromatic rings. The molecule has 2 nitrogen and oxygen atoms in total. The van der Waals surface area contributed by atoms with Crippen molar-refractivity contribution in [2.24, 2.45) is 23.7 Å². The molecule has 2 fully saturated rings. The van der Waals surface area contributed by atoms with Crippen molar-refractivity contribution in [3.8, 4) is 0 Å². The molecule has 0 radical (unpaired) electrons. The molecule has 0 spiro atoms. The highest BCUT2D eigenvalue weighted by molar-refractivity contribution is 4.76. The molecule has 0 aromatic heterocycles. The maximum atomic E-state index is 2.71. The van der Waals surface area contributed by atoms with Crippen molar-refractivity contribution in [1.82, 2.24) is 9.80 Å². The highest BCUT2D eigenvalue weighted by atomic mass is 15.1. The average Bonchev–Trinajstić information content (AvgIpc) is 2.52. The summed E-state index contributed by atoms with van der Waals surface area (Å²) in [5, 5.41) is 0. The molecule has 0 N–H and O–H groups in total. The molecule has 2 saturated heterocycles. The summed E-state index contributed by atoms with van der Waals surface area (Å²) in [5.41, 5.74) is 0. The average molecular weight is 309 g/mol. The Balaban J connectivity index is 1.50. The maximum absolute atomic E-state index is 2.71. The zero-order valence-electron chi connectivity index (χ0n) is 15.7. The van der Waals surface area contributed by atoms with Crippen molar-refractivity contribution in [2.45, 2.75) is 66.2 Å². The van der Waals surface area contributed by atoms with E-state index in [-0.39, 0.29) is 0 Å². The van der Waals surface area contributed by atoms with Gasteiger partial charge in [0, 0.05) is 0 Å². The Hall–Kier alpha value is -0.0800. The number of hydrogen-bond acceptors (Lipinski definition) is 2. The van der Waals surface area contributed by atoms with Crippen molar-refractivity contribution in [1.29, 1.82) is 0 Å². The first kappa shape index (κ1) is 18.3. The number of nitrogens with zero attached hydrogens (tertiary/aromatic N) is 2. The van der Waals surface area contributed by atoms with Crippen LogP contribution in [0.4, 0.5) is 0 Å². The van der Waals surface area contributed by atoms with E-state index < -0.39 is 0 Å². The summed E-state index contributed by atoms with van der Waals surface area (Å²) >= 11 is 0. The second-order valence-electron chi connectivity index (χ2n) is 8.55. The second kappa shape index (κ2) is 9.27. The standard InChI is InChI=1S/C20H40N2/c1-17(2)19-7-13-21(14-8-19)11-5-6-12-22-15-9-20(10-16-22)18(3)4/h17-20H,5-16H2,1-4H3. The van der Waals surface area contributed by atoms with Gasteiger partial charge in [-0.25, -0.2) is 0 Å². The molecule has 0 unspecified atom stereocenters. The van der Waals surface area contributed by atoms with Gasteiger partial charge >= 0.3 is 0 Å². The van der Waals surface area contributed by atoms with Crippen LogP contribution in [0.25, 0.3) is 0 Å². The van der Waals surface area contributed by atoms with Gasteiger partial charge in [-0.05, 0) is 101 Å². The van der Waals surface area contributed by atoms with E-state index in [1.165, 1.54) is 77.8 Å². The fraction of sp³-hybridized carbons (Fsp3) is 1.00. The Morgan fingerprint density at radius 1 is 0.636 bits per heavy atom. The summed E-state index contributed by atoms with van der Waals surface area (Å²) in [5.74, 6) is 3.74. The third kappa shape index (κ3) is 5.85. The molecule has 0 saturated carbocycles. The van der Waals surface area contributed by atoms with Crippen LogP contribution >= 0.6 is 0 Å². The summed E-state index contributed by atoms with van der Waals surface area (Å²) in [6.45, 7) is 17.6. The van der Waals surface area contributed by atoms with Gasteiger partial charge in [-0.3, -0.25) is 0 Å². The molecular formula is C20H40N2. The van der Waals surface area contributed by atoms with Crippen LogP contribution in [-0.2, 0) is 0 Å². The Morgan fingerprint density at radius 2 is 0.955 bits per heavy atom. The molecule has 0 bridgehead atoms. The first-order valence-electron chi connectivity index (χ1n) is 10.0. The van der Waals surface area contributed by atoms with Crippen LogP contribution in [0.5, 0.6) is 0 Å². The van der Waals surface area contributed by atoms with Crippen LogP contribution in [0.2, 0.25) is 0 Å². The lowest BCUT2D eigenvalue weighted by Gasteiger charge is -2.35. The number of piperidine rings is 2. The van der Waals surface area contributed by atoms with Crippen LogP contribution in [-0.4, -0.2) is 49.1 Å². The van der Waals surface area contributed by atoms with E-state index in [4.69, 9.17) is 0 Å². The fourth-order valence-corrected chi connectivity index (χ4v) is 4.36. The maximum Gasteiger partial charge on any atom is -0.00160 e. The van der Waals surface area contributed by atoms with Gasteiger partial charge in [0.1, 0.15) is 0 Å². The normalized spacial score (nSPS) is 23.7. The van der Waals surface area contributed by atoms with Crippen molar-refractivity contribution < 1.29 is 0 Å². The number of unbranched alkanes of at least 4 members (excludes halogenated alkanes) is 1. The van der Waals surface area contributed by atoms with Crippen LogP contribution in [0, 0.1) is 23.7 Å². The van der Waals surface area contributed by atoms with Gasteiger partial charge in [-0.2, -0.15) is 0 Å². The quantitative estimate of drug-likeness (QED) is 0.639. The second-order valence-corrected chi connectivity index (χ2v) is 8.55. The fourth-order valence-electron chi connectivity index (χ4n) is 4.36. The Kier molecular flexibility index (Phi) is 7.70. The summed E-state index contributed by atoms with van der Waals surface area (Å²) in [6, 6.07) is 0. The number of rotatable bonds is 7. The van der Waals surface area contributed by atoms with Crippen molar-refractivity contribution in [2.75, 3.05) is 39.3 Å². The minimum Gasteiger partial charge on any atom is -0.303 e. The monoisotopic (exact) mass is 308 g/mol. The lowest BCUT2D eigenvalue weighted by Crippen LogP contribution is -2.37. The lowest BCUT2D eigenvalue weighted by molar-refractivity contribution is 0.142. The van der Waals surface area contributed by atoms with Crippen LogP contribution in [0.1, 0.15) is 66.2 Å². The molecular weight excluding hydrogens is 268 g/mol. The zero-order valence-corrected chi connectivity index (χ0v) is 15.7. The van der Waals surface area contributed by atoms with Crippen LogP contribution < -0.4 is 0 Å². The molecule has 2 aliphatic heterocycles. The molecule has 0 aliphatic carbocycles. The predicted molar refractivity (Wildman–Crippen MR) is 97.2 cm³/mol. The minimum absolute atomic E-state index is 0.885.